The number of nitro benzene ring substituents is 2. The Hall–Kier alpha value is -3.40. The monoisotopic (exact) mass is 482 g/mol. The third-order valence-corrected chi connectivity index (χ3v) is 6.33. The van der Waals surface area contributed by atoms with Crippen LogP contribution in [0.25, 0.3) is 0 Å². The second kappa shape index (κ2) is 8.76. The molecule has 0 fully saturated rings. The highest BCUT2D eigenvalue weighted by atomic mass is 32.2. The molecule has 1 unspecified atom stereocenters. The summed E-state index contributed by atoms with van der Waals surface area (Å²) in [5, 5.41) is 21.7. The minimum absolute atomic E-state index is 0.0950. The van der Waals surface area contributed by atoms with Crippen molar-refractivity contribution in [3.63, 3.8) is 0 Å². The van der Waals surface area contributed by atoms with Gasteiger partial charge in [0.15, 0.2) is 0 Å². The lowest BCUT2D eigenvalue weighted by Gasteiger charge is -2.09. The van der Waals surface area contributed by atoms with E-state index in [-0.39, 0.29) is 17.5 Å². The Morgan fingerprint density at radius 2 is 1.61 bits per heavy atom. The number of benzene rings is 2. The molecule has 1 atom stereocenters. The van der Waals surface area contributed by atoms with Gasteiger partial charge in [0.05, 0.1) is 25.5 Å². The molecular formula is C15H9F3N2O9S2. The molecular weight excluding hydrogens is 473 g/mol. The zero-order chi connectivity index (χ0) is 23.6. The van der Waals surface area contributed by atoms with Gasteiger partial charge in [-0.2, -0.15) is 13.2 Å². The van der Waals surface area contributed by atoms with E-state index in [1.807, 2.05) is 0 Å². The molecule has 2 aromatic rings. The maximum absolute atomic E-state index is 12.6. The van der Waals surface area contributed by atoms with Crippen molar-refractivity contribution in [2.24, 2.45) is 0 Å². The lowest BCUT2D eigenvalue weighted by Crippen LogP contribution is -2.23. The number of carbonyl (C=O) groups excluding carboxylic acids is 1. The summed E-state index contributed by atoms with van der Waals surface area (Å²) >= 11 is 0. The molecule has 0 spiro atoms. The van der Waals surface area contributed by atoms with Crippen molar-refractivity contribution in [1.82, 2.24) is 0 Å². The average Bonchev–Trinajstić information content (AvgIpc) is 2.66. The zero-order valence-corrected chi connectivity index (χ0v) is 16.4. The second-order valence-corrected chi connectivity index (χ2v) is 8.91. The molecule has 0 heterocycles. The van der Waals surface area contributed by atoms with Gasteiger partial charge in [0.2, 0.25) is 0 Å². The maximum atomic E-state index is 12.6. The van der Waals surface area contributed by atoms with Crippen LogP contribution in [0.1, 0.15) is 0 Å². The smallest absolute Gasteiger partial charge is 0.426 e. The van der Waals surface area contributed by atoms with Crippen molar-refractivity contribution in [2.75, 3.05) is 5.75 Å². The highest BCUT2D eigenvalue weighted by molar-refractivity contribution is 7.92. The molecule has 0 amide bonds. The van der Waals surface area contributed by atoms with Crippen LogP contribution in [0, 0.1) is 20.2 Å². The first-order valence-corrected chi connectivity index (χ1v) is 10.5. The molecule has 11 nitrogen and oxygen atoms in total. The van der Waals surface area contributed by atoms with Crippen LogP contribution in [0.15, 0.2) is 52.3 Å². The Kier molecular flexibility index (Phi) is 6.75. The predicted molar refractivity (Wildman–Crippen MR) is 96.3 cm³/mol. The molecule has 0 saturated carbocycles. The summed E-state index contributed by atoms with van der Waals surface area (Å²) < 4.78 is 77.9. The number of non-ortho nitro benzene ring substituents is 1. The lowest BCUT2D eigenvalue weighted by atomic mass is 10.3. The number of nitrogens with zero attached hydrogens (tertiary/aromatic N) is 2. The number of hydrogen-bond acceptors (Lipinski definition) is 9. The number of sulfone groups is 1. The Labute approximate surface area is 173 Å². The van der Waals surface area contributed by atoms with Crippen LogP contribution in [0.5, 0.6) is 5.75 Å². The SMILES string of the molecule is O=C(CS(=O)c1ccc(S(=O)(=O)C(F)(F)F)cc1[N+](=O)[O-])Oc1ccc([N+](=O)[O-])cc1. The summed E-state index contributed by atoms with van der Waals surface area (Å²) in [6.45, 7) is 0. The van der Waals surface area contributed by atoms with Crippen LogP contribution in [0.3, 0.4) is 0 Å². The number of esters is 1. The van der Waals surface area contributed by atoms with Crippen molar-refractivity contribution in [2.45, 2.75) is 15.3 Å². The molecule has 0 aliphatic rings. The number of ether oxygens (including phenoxy) is 1. The van der Waals surface area contributed by atoms with Gasteiger partial charge < -0.3 is 4.74 Å². The molecule has 0 aliphatic heterocycles. The molecule has 2 rings (SSSR count). The molecule has 0 N–H and O–H groups in total. The van der Waals surface area contributed by atoms with Crippen LogP contribution >= 0.6 is 0 Å². The Morgan fingerprint density at radius 3 is 2.10 bits per heavy atom. The van der Waals surface area contributed by atoms with Crippen LogP contribution in [-0.4, -0.2) is 39.7 Å². The van der Waals surface area contributed by atoms with Crippen molar-refractivity contribution in [3.8, 4) is 5.75 Å². The summed E-state index contributed by atoms with van der Waals surface area (Å²) in [6, 6.07) is 5.18. The second-order valence-electron chi connectivity index (χ2n) is 5.55. The van der Waals surface area contributed by atoms with Crippen LogP contribution in [0.4, 0.5) is 24.5 Å². The molecule has 31 heavy (non-hydrogen) atoms. The minimum Gasteiger partial charge on any atom is -0.426 e. The summed E-state index contributed by atoms with van der Waals surface area (Å²) in [5.74, 6) is -2.30. The predicted octanol–water partition coefficient (Wildman–Crippen LogP) is 2.51. The van der Waals surface area contributed by atoms with Gasteiger partial charge in [-0.3, -0.25) is 29.2 Å². The van der Waals surface area contributed by atoms with E-state index in [1.165, 1.54) is 0 Å². The number of halogens is 3. The van der Waals surface area contributed by atoms with Crippen molar-refractivity contribution in [3.05, 3.63) is 62.7 Å². The first-order valence-electron chi connectivity index (χ1n) is 7.67. The van der Waals surface area contributed by atoms with Gasteiger partial charge in [0, 0.05) is 18.2 Å². The van der Waals surface area contributed by atoms with E-state index in [4.69, 9.17) is 4.74 Å². The first kappa shape index (κ1) is 23.9. The molecule has 0 saturated heterocycles. The Morgan fingerprint density at radius 1 is 1.03 bits per heavy atom. The highest BCUT2D eigenvalue weighted by Crippen LogP contribution is 2.34. The van der Waals surface area contributed by atoms with E-state index in [1.54, 1.807) is 0 Å². The standard InChI is InChI=1S/C15H9F3N2O9S2/c16-15(17,18)31(27,28)11-5-6-13(12(7-11)20(24)25)30(26)8-14(21)29-10-3-1-9(2-4-10)19(22)23/h1-7H,8H2. The van der Waals surface area contributed by atoms with E-state index in [0.29, 0.717) is 12.1 Å². The van der Waals surface area contributed by atoms with Gasteiger partial charge in [0.1, 0.15) is 16.4 Å². The molecule has 0 bridgehead atoms. The number of rotatable bonds is 7. The number of alkyl halides is 3. The van der Waals surface area contributed by atoms with E-state index in [2.05, 4.69) is 0 Å². The van der Waals surface area contributed by atoms with E-state index in [9.17, 15) is 50.8 Å². The fraction of sp³-hybridized carbons (Fsp3) is 0.133. The lowest BCUT2D eigenvalue weighted by molar-refractivity contribution is -0.388. The van der Waals surface area contributed by atoms with Crippen LogP contribution in [0.2, 0.25) is 0 Å². The van der Waals surface area contributed by atoms with Crippen LogP contribution in [-0.2, 0) is 25.4 Å². The third kappa shape index (κ3) is 5.40. The molecule has 16 heteroatoms. The Bertz CT molecular complexity index is 1180. The van der Waals surface area contributed by atoms with Crippen LogP contribution < -0.4 is 4.74 Å². The number of nitro groups is 2. The average molecular weight is 482 g/mol. The van der Waals surface area contributed by atoms with Gasteiger partial charge in [-0.25, -0.2) is 8.42 Å². The first-order chi connectivity index (χ1) is 14.2. The quantitative estimate of drug-likeness (QED) is 0.250. The van der Waals surface area contributed by atoms with Gasteiger partial charge in [0.25, 0.3) is 21.2 Å². The molecule has 0 aliphatic carbocycles. The third-order valence-electron chi connectivity index (χ3n) is 3.52. The van der Waals surface area contributed by atoms with E-state index < -0.39 is 63.2 Å². The Balaban J connectivity index is 2.25. The number of carbonyl (C=O) groups is 1. The molecule has 0 radical (unpaired) electrons. The minimum atomic E-state index is -5.89. The topological polar surface area (TPSA) is 164 Å². The normalized spacial score (nSPS) is 12.7. The summed E-state index contributed by atoms with van der Waals surface area (Å²) in [5.41, 5.74) is -7.21. The summed E-state index contributed by atoms with van der Waals surface area (Å²) in [7, 11) is -8.38. The summed E-state index contributed by atoms with van der Waals surface area (Å²) in [6.07, 6.45) is 0. The van der Waals surface area contributed by atoms with Gasteiger partial charge in [-0.15, -0.1) is 0 Å². The number of hydrogen-bond donors (Lipinski definition) is 0. The maximum Gasteiger partial charge on any atom is 0.501 e. The van der Waals surface area contributed by atoms with Crippen molar-refractivity contribution < 1.29 is 45.2 Å². The largest absolute Gasteiger partial charge is 0.501 e. The van der Waals surface area contributed by atoms with Gasteiger partial charge in [-0.1, -0.05) is 0 Å². The zero-order valence-electron chi connectivity index (χ0n) is 14.8. The highest BCUT2D eigenvalue weighted by Gasteiger charge is 2.47. The van der Waals surface area contributed by atoms with E-state index >= 15 is 0 Å². The fourth-order valence-electron chi connectivity index (χ4n) is 2.11. The summed E-state index contributed by atoms with van der Waals surface area (Å²) in [4.78, 5) is 29.5. The molecule has 2 aromatic carbocycles. The van der Waals surface area contributed by atoms with E-state index in [0.717, 1.165) is 24.3 Å². The van der Waals surface area contributed by atoms with Gasteiger partial charge >= 0.3 is 11.5 Å². The van der Waals surface area contributed by atoms with Crippen molar-refractivity contribution >= 4 is 38.0 Å². The van der Waals surface area contributed by atoms with Crippen molar-refractivity contribution in [1.29, 1.82) is 0 Å². The fourth-order valence-corrected chi connectivity index (χ4v) is 3.91. The van der Waals surface area contributed by atoms with Gasteiger partial charge in [-0.05, 0) is 24.3 Å². The molecule has 0 aromatic heterocycles. The molecule has 166 valence electrons.